The molecule has 0 aliphatic carbocycles. The first-order chi connectivity index (χ1) is 16.0. The molecule has 2 aromatic heterocycles. The number of amides is 2. The Kier molecular flexibility index (Phi) is 6.69. The van der Waals surface area contributed by atoms with Gasteiger partial charge in [-0.3, -0.25) is 9.59 Å². The number of hydrogen-bond acceptors (Lipinski definition) is 4. The van der Waals surface area contributed by atoms with Gasteiger partial charge < -0.3 is 15.1 Å². The fraction of sp³-hybridized carbons (Fsp3) is 0.192. The van der Waals surface area contributed by atoms with E-state index in [4.69, 9.17) is 9.52 Å². The SMILES string of the molecule is CC(C)C(=O)NCCNC(=O)/C=C\c1cn(-c2ccccc2)nc1-c1cc2ccccc2o1. The van der Waals surface area contributed by atoms with Crippen LogP contribution in [0.15, 0.2) is 77.4 Å². The van der Waals surface area contributed by atoms with Crippen LogP contribution < -0.4 is 10.6 Å². The predicted molar refractivity (Wildman–Crippen MR) is 129 cm³/mol. The van der Waals surface area contributed by atoms with E-state index in [1.54, 1.807) is 10.8 Å². The van der Waals surface area contributed by atoms with Crippen LogP contribution in [0.2, 0.25) is 0 Å². The minimum atomic E-state index is -0.253. The number of rotatable bonds is 8. The number of benzene rings is 2. The van der Waals surface area contributed by atoms with Gasteiger partial charge in [-0.25, -0.2) is 4.68 Å². The molecule has 0 atom stereocenters. The Hall–Kier alpha value is -4.13. The summed E-state index contributed by atoms with van der Waals surface area (Å²) < 4.78 is 7.79. The monoisotopic (exact) mass is 442 g/mol. The third-order valence-electron chi connectivity index (χ3n) is 5.08. The molecule has 0 bridgehead atoms. The van der Waals surface area contributed by atoms with E-state index in [9.17, 15) is 9.59 Å². The molecular weight excluding hydrogens is 416 g/mol. The predicted octanol–water partition coefficient (Wildman–Crippen LogP) is 4.19. The fourth-order valence-corrected chi connectivity index (χ4v) is 3.31. The first kappa shape index (κ1) is 22.1. The van der Waals surface area contributed by atoms with Gasteiger partial charge in [-0.2, -0.15) is 5.10 Å². The Labute approximate surface area is 192 Å². The first-order valence-electron chi connectivity index (χ1n) is 10.9. The lowest BCUT2D eigenvalue weighted by molar-refractivity contribution is -0.124. The Bertz CT molecular complexity index is 1250. The van der Waals surface area contributed by atoms with Crippen molar-refractivity contribution in [3.05, 3.63) is 78.5 Å². The summed E-state index contributed by atoms with van der Waals surface area (Å²) in [6.07, 6.45) is 5.05. The number of carbonyl (C=O) groups is 2. The number of fused-ring (bicyclic) bond motifs is 1. The Morgan fingerprint density at radius 1 is 1.03 bits per heavy atom. The van der Waals surface area contributed by atoms with Crippen molar-refractivity contribution in [2.45, 2.75) is 13.8 Å². The number of furan rings is 1. The molecular formula is C26H26N4O3. The molecule has 2 aromatic carbocycles. The normalized spacial score (nSPS) is 11.4. The Morgan fingerprint density at radius 2 is 1.76 bits per heavy atom. The zero-order valence-electron chi connectivity index (χ0n) is 18.6. The minimum Gasteiger partial charge on any atom is -0.454 e. The number of nitrogens with one attached hydrogen (secondary N) is 2. The smallest absolute Gasteiger partial charge is 0.244 e. The van der Waals surface area contributed by atoms with Crippen LogP contribution in [0.3, 0.4) is 0 Å². The molecule has 0 fully saturated rings. The molecule has 2 heterocycles. The number of para-hydroxylation sites is 2. The van der Waals surface area contributed by atoms with Crippen LogP contribution in [-0.2, 0) is 9.59 Å². The highest BCUT2D eigenvalue weighted by Crippen LogP contribution is 2.30. The lowest BCUT2D eigenvalue weighted by Gasteiger charge is -2.07. The molecule has 4 rings (SSSR count). The second-order valence-corrected chi connectivity index (χ2v) is 7.93. The van der Waals surface area contributed by atoms with Crippen molar-refractivity contribution < 1.29 is 14.0 Å². The van der Waals surface area contributed by atoms with Crippen LogP contribution in [0.25, 0.3) is 34.2 Å². The maximum Gasteiger partial charge on any atom is 0.244 e. The van der Waals surface area contributed by atoms with E-state index in [0.717, 1.165) is 22.2 Å². The molecule has 0 saturated carbocycles. The molecule has 0 spiro atoms. The van der Waals surface area contributed by atoms with E-state index in [0.29, 0.717) is 24.5 Å². The molecule has 4 aromatic rings. The van der Waals surface area contributed by atoms with E-state index >= 15 is 0 Å². The zero-order chi connectivity index (χ0) is 23.2. The molecule has 0 unspecified atom stereocenters. The standard InChI is InChI=1S/C26H26N4O3/c1-18(2)26(32)28-15-14-27-24(31)13-12-20-17-30(21-9-4-3-5-10-21)29-25(20)23-16-19-8-6-7-11-22(19)33-23/h3-13,16-18H,14-15H2,1-2H3,(H,27,31)(H,28,32)/b13-12-. The van der Waals surface area contributed by atoms with Crippen molar-refractivity contribution in [3.8, 4) is 17.1 Å². The van der Waals surface area contributed by atoms with Gasteiger partial charge in [-0.15, -0.1) is 0 Å². The summed E-state index contributed by atoms with van der Waals surface area (Å²) in [6.45, 7) is 4.38. The zero-order valence-corrected chi connectivity index (χ0v) is 18.6. The number of carbonyl (C=O) groups excluding carboxylic acids is 2. The van der Waals surface area contributed by atoms with E-state index in [2.05, 4.69) is 10.6 Å². The van der Waals surface area contributed by atoms with Crippen molar-refractivity contribution in [2.24, 2.45) is 5.92 Å². The van der Waals surface area contributed by atoms with E-state index in [1.165, 1.54) is 6.08 Å². The largest absolute Gasteiger partial charge is 0.454 e. The van der Waals surface area contributed by atoms with Gasteiger partial charge in [0, 0.05) is 42.2 Å². The molecule has 0 saturated heterocycles. The molecule has 7 heteroatoms. The molecule has 0 radical (unpaired) electrons. The third kappa shape index (κ3) is 5.38. The van der Waals surface area contributed by atoms with Gasteiger partial charge in [-0.05, 0) is 30.3 Å². The lowest BCUT2D eigenvalue weighted by atomic mass is 10.2. The van der Waals surface area contributed by atoms with E-state index in [1.807, 2.05) is 80.7 Å². The van der Waals surface area contributed by atoms with Crippen LogP contribution in [-0.4, -0.2) is 34.7 Å². The van der Waals surface area contributed by atoms with Crippen LogP contribution in [0.4, 0.5) is 0 Å². The average molecular weight is 443 g/mol. The fourth-order valence-electron chi connectivity index (χ4n) is 3.31. The van der Waals surface area contributed by atoms with Gasteiger partial charge in [0.15, 0.2) is 5.76 Å². The minimum absolute atomic E-state index is 0.0383. The summed E-state index contributed by atoms with van der Waals surface area (Å²) in [7, 11) is 0. The second-order valence-electron chi connectivity index (χ2n) is 7.93. The van der Waals surface area contributed by atoms with Crippen molar-refractivity contribution in [3.63, 3.8) is 0 Å². The summed E-state index contributed by atoms with van der Waals surface area (Å²) in [6, 6.07) is 19.5. The second kappa shape index (κ2) is 9.99. The summed E-state index contributed by atoms with van der Waals surface area (Å²) in [5.74, 6) is 0.251. The van der Waals surface area contributed by atoms with Crippen molar-refractivity contribution in [2.75, 3.05) is 13.1 Å². The Balaban J connectivity index is 1.54. The number of aromatic nitrogens is 2. The average Bonchev–Trinajstić information content (AvgIpc) is 3.45. The summed E-state index contributed by atoms with van der Waals surface area (Å²) in [5, 5.41) is 11.3. The first-order valence-corrected chi connectivity index (χ1v) is 10.9. The number of hydrogen-bond donors (Lipinski definition) is 2. The van der Waals surface area contributed by atoms with Gasteiger partial charge in [0.2, 0.25) is 11.8 Å². The summed E-state index contributed by atoms with van der Waals surface area (Å²) in [4.78, 5) is 23.9. The molecule has 7 nitrogen and oxygen atoms in total. The van der Waals surface area contributed by atoms with Crippen molar-refractivity contribution in [1.29, 1.82) is 0 Å². The quantitative estimate of drug-likeness (QED) is 0.316. The van der Waals surface area contributed by atoms with Gasteiger partial charge in [-0.1, -0.05) is 50.2 Å². The van der Waals surface area contributed by atoms with Gasteiger partial charge in [0.25, 0.3) is 0 Å². The Morgan fingerprint density at radius 3 is 2.52 bits per heavy atom. The molecule has 2 N–H and O–H groups in total. The highest BCUT2D eigenvalue weighted by molar-refractivity contribution is 5.93. The van der Waals surface area contributed by atoms with Crippen molar-refractivity contribution in [1.82, 2.24) is 20.4 Å². The van der Waals surface area contributed by atoms with Crippen molar-refractivity contribution >= 4 is 28.9 Å². The molecule has 0 aliphatic heterocycles. The molecule has 2 amide bonds. The molecule has 168 valence electrons. The van der Waals surface area contributed by atoms with Gasteiger partial charge in [0.1, 0.15) is 11.3 Å². The number of nitrogens with zero attached hydrogens (tertiary/aromatic N) is 2. The lowest BCUT2D eigenvalue weighted by Crippen LogP contribution is -2.35. The van der Waals surface area contributed by atoms with E-state index in [-0.39, 0.29) is 17.7 Å². The molecule has 0 aliphatic rings. The summed E-state index contributed by atoms with van der Waals surface area (Å²) >= 11 is 0. The van der Waals surface area contributed by atoms with Crippen LogP contribution in [0.1, 0.15) is 19.4 Å². The topological polar surface area (TPSA) is 89.2 Å². The maximum atomic E-state index is 12.3. The van der Waals surface area contributed by atoms with Gasteiger partial charge >= 0.3 is 0 Å². The van der Waals surface area contributed by atoms with Crippen LogP contribution in [0, 0.1) is 5.92 Å². The highest BCUT2D eigenvalue weighted by atomic mass is 16.3. The van der Waals surface area contributed by atoms with Crippen LogP contribution in [0.5, 0.6) is 0 Å². The van der Waals surface area contributed by atoms with Crippen LogP contribution >= 0.6 is 0 Å². The van der Waals surface area contributed by atoms with Gasteiger partial charge in [0.05, 0.1) is 5.69 Å². The maximum absolute atomic E-state index is 12.3. The molecule has 33 heavy (non-hydrogen) atoms. The van der Waals surface area contributed by atoms with E-state index < -0.39 is 0 Å². The third-order valence-corrected chi connectivity index (χ3v) is 5.08. The summed E-state index contributed by atoms with van der Waals surface area (Å²) in [5.41, 5.74) is 3.07. The highest BCUT2D eigenvalue weighted by Gasteiger charge is 2.15.